The average Bonchev–Trinajstić information content (AvgIpc) is 3.43. The highest BCUT2D eigenvalue weighted by Gasteiger charge is 2.26. The minimum atomic E-state index is -0.125. The summed E-state index contributed by atoms with van der Waals surface area (Å²) < 4.78 is 10.6. The lowest BCUT2D eigenvalue weighted by Crippen LogP contribution is -2.37. The Hall–Kier alpha value is -2.73. The Morgan fingerprint density at radius 3 is 2.60 bits per heavy atom. The molecular formula is C24H31N3O3. The molecular weight excluding hydrogens is 378 g/mol. The zero-order valence-corrected chi connectivity index (χ0v) is 18.1. The van der Waals surface area contributed by atoms with Gasteiger partial charge in [-0.15, -0.1) is 0 Å². The zero-order valence-electron chi connectivity index (χ0n) is 18.1. The van der Waals surface area contributed by atoms with Gasteiger partial charge in [0.2, 0.25) is 0 Å². The lowest BCUT2D eigenvalue weighted by atomic mass is 10.0. The summed E-state index contributed by atoms with van der Waals surface area (Å²) in [5.41, 5.74) is 4.54. The molecule has 0 aromatic heterocycles. The van der Waals surface area contributed by atoms with E-state index >= 15 is 0 Å². The Morgan fingerprint density at radius 2 is 1.87 bits per heavy atom. The number of methoxy groups -OCH3 is 2. The summed E-state index contributed by atoms with van der Waals surface area (Å²) >= 11 is 0. The van der Waals surface area contributed by atoms with E-state index in [2.05, 4.69) is 40.4 Å². The quantitative estimate of drug-likeness (QED) is 0.761. The largest absolute Gasteiger partial charge is 0.497 e. The smallest absolute Gasteiger partial charge is 0.255 e. The van der Waals surface area contributed by atoms with Crippen LogP contribution in [-0.4, -0.2) is 58.3 Å². The van der Waals surface area contributed by atoms with Crippen molar-refractivity contribution < 1.29 is 14.3 Å². The zero-order chi connectivity index (χ0) is 21.1. The number of rotatable bonds is 7. The second-order valence-corrected chi connectivity index (χ2v) is 8.09. The monoisotopic (exact) mass is 409 g/mol. The number of ether oxygens (including phenoxy) is 2. The molecule has 0 radical (unpaired) electrons. The van der Waals surface area contributed by atoms with Crippen molar-refractivity contribution in [3.8, 4) is 11.5 Å². The van der Waals surface area contributed by atoms with Gasteiger partial charge in [0.15, 0.2) is 0 Å². The summed E-state index contributed by atoms with van der Waals surface area (Å²) in [5.74, 6) is 1.06. The first-order valence-corrected chi connectivity index (χ1v) is 10.7. The minimum absolute atomic E-state index is 0.125. The molecule has 4 rings (SSSR count). The van der Waals surface area contributed by atoms with Crippen LogP contribution >= 0.6 is 0 Å². The second-order valence-electron chi connectivity index (χ2n) is 8.09. The van der Waals surface area contributed by atoms with E-state index < -0.39 is 0 Å². The highest BCUT2D eigenvalue weighted by molar-refractivity contribution is 5.97. The van der Waals surface area contributed by atoms with Crippen molar-refractivity contribution in [2.45, 2.75) is 25.3 Å². The Balaban J connectivity index is 1.53. The summed E-state index contributed by atoms with van der Waals surface area (Å²) in [6, 6.07) is 12.2. The van der Waals surface area contributed by atoms with Gasteiger partial charge in [-0.05, 0) is 61.7 Å². The lowest BCUT2D eigenvalue weighted by Gasteiger charge is -2.29. The molecule has 2 heterocycles. The van der Waals surface area contributed by atoms with Crippen molar-refractivity contribution in [2.75, 3.05) is 52.3 Å². The van der Waals surface area contributed by atoms with Gasteiger partial charge in [0.1, 0.15) is 11.5 Å². The fourth-order valence-electron chi connectivity index (χ4n) is 4.58. The molecule has 2 aromatic rings. The molecule has 6 heteroatoms. The number of carbonyl (C=O) groups excluding carboxylic acids is 1. The van der Waals surface area contributed by atoms with Gasteiger partial charge in [-0.1, -0.05) is 12.1 Å². The Morgan fingerprint density at radius 1 is 1.07 bits per heavy atom. The number of likely N-dealkylation sites (tertiary alicyclic amines) is 1. The fourth-order valence-corrected chi connectivity index (χ4v) is 4.58. The maximum Gasteiger partial charge on any atom is 0.255 e. The van der Waals surface area contributed by atoms with Gasteiger partial charge in [0, 0.05) is 31.9 Å². The molecule has 0 bridgehead atoms. The fraction of sp³-hybridized carbons (Fsp3) is 0.458. The number of anilines is 1. The van der Waals surface area contributed by atoms with Gasteiger partial charge < -0.3 is 19.7 Å². The normalized spacial score (nSPS) is 17.0. The number of fused-ring (bicyclic) bond motifs is 1. The molecule has 2 aliphatic rings. The standard InChI is InChI=1S/C24H31N3O3/c1-26-13-10-18-14-17(6-9-21(18)26)22(27-11-4-5-12-27)16-25-24(28)20-8-7-19(29-2)15-23(20)30-3/h6-9,14-15,22H,4-5,10-13,16H2,1-3H3,(H,25,28)/t22-/m0/s1. The minimum Gasteiger partial charge on any atom is -0.497 e. The lowest BCUT2D eigenvalue weighted by molar-refractivity contribution is 0.0935. The van der Waals surface area contributed by atoms with E-state index in [1.807, 2.05) is 0 Å². The number of likely N-dealkylation sites (N-methyl/N-ethyl adjacent to an activating group) is 1. The third-order valence-corrected chi connectivity index (χ3v) is 6.31. The molecule has 0 saturated carbocycles. The summed E-state index contributed by atoms with van der Waals surface area (Å²) in [4.78, 5) is 17.7. The van der Waals surface area contributed by atoms with Crippen LogP contribution in [0.15, 0.2) is 36.4 Å². The van der Waals surface area contributed by atoms with Crippen LogP contribution in [0.5, 0.6) is 11.5 Å². The third-order valence-electron chi connectivity index (χ3n) is 6.31. The van der Waals surface area contributed by atoms with Crippen molar-refractivity contribution in [3.05, 3.63) is 53.1 Å². The van der Waals surface area contributed by atoms with Crippen molar-refractivity contribution in [3.63, 3.8) is 0 Å². The topological polar surface area (TPSA) is 54.0 Å². The van der Waals surface area contributed by atoms with E-state index in [4.69, 9.17) is 9.47 Å². The van der Waals surface area contributed by atoms with E-state index in [-0.39, 0.29) is 11.9 Å². The van der Waals surface area contributed by atoms with Crippen LogP contribution in [0.1, 0.15) is 40.4 Å². The van der Waals surface area contributed by atoms with E-state index in [0.717, 1.165) is 26.1 Å². The summed E-state index contributed by atoms with van der Waals surface area (Å²) in [5, 5.41) is 3.15. The number of nitrogens with one attached hydrogen (secondary N) is 1. The van der Waals surface area contributed by atoms with Crippen LogP contribution in [0.4, 0.5) is 5.69 Å². The van der Waals surface area contributed by atoms with Crippen LogP contribution in [0, 0.1) is 0 Å². The number of amides is 1. The average molecular weight is 410 g/mol. The van der Waals surface area contributed by atoms with Gasteiger partial charge in [-0.2, -0.15) is 0 Å². The van der Waals surface area contributed by atoms with Crippen molar-refractivity contribution in [1.82, 2.24) is 10.2 Å². The number of benzene rings is 2. The molecule has 1 saturated heterocycles. The molecule has 160 valence electrons. The Labute approximate surface area is 178 Å². The van der Waals surface area contributed by atoms with Crippen LogP contribution < -0.4 is 19.7 Å². The second kappa shape index (κ2) is 8.96. The SMILES string of the molecule is COc1ccc(C(=O)NC[C@@H](c2ccc3c(c2)CCN3C)N2CCCC2)c(OC)c1. The molecule has 6 nitrogen and oxygen atoms in total. The molecule has 1 atom stereocenters. The molecule has 0 aliphatic carbocycles. The van der Waals surface area contributed by atoms with Crippen LogP contribution in [0.3, 0.4) is 0 Å². The summed E-state index contributed by atoms with van der Waals surface area (Å²) in [7, 11) is 5.32. The predicted octanol–water partition coefficient (Wildman–Crippen LogP) is 3.26. The first kappa shape index (κ1) is 20.5. The van der Waals surface area contributed by atoms with Crippen LogP contribution in [0.2, 0.25) is 0 Å². The van der Waals surface area contributed by atoms with Crippen molar-refractivity contribution in [1.29, 1.82) is 0 Å². The summed E-state index contributed by atoms with van der Waals surface area (Å²) in [6.45, 7) is 3.79. The maximum atomic E-state index is 12.9. The Kier molecular flexibility index (Phi) is 6.13. The molecule has 0 unspecified atom stereocenters. The number of carbonyl (C=O) groups is 1. The highest BCUT2D eigenvalue weighted by Crippen LogP contribution is 2.32. The van der Waals surface area contributed by atoms with Gasteiger partial charge >= 0.3 is 0 Å². The molecule has 2 aliphatic heterocycles. The predicted molar refractivity (Wildman–Crippen MR) is 119 cm³/mol. The number of nitrogens with zero attached hydrogens (tertiary/aromatic N) is 2. The van der Waals surface area contributed by atoms with Gasteiger partial charge in [-0.3, -0.25) is 9.69 Å². The molecule has 30 heavy (non-hydrogen) atoms. The maximum absolute atomic E-state index is 12.9. The van der Waals surface area contributed by atoms with Gasteiger partial charge in [-0.25, -0.2) is 0 Å². The highest BCUT2D eigenvalue weighted by atomic mass is 16.5. The van der Waals surface area contributed by atoms with Gasteiger partial charge in [0.05, 0.1) is 25.8 Å². The van der Waals surface area contributed by atoms with Crippen molar-refractivity contribution in [2.24, 2.45) is 0 Å². The number of hydrogen-bond donors (Lipinski definition) is 1. The number of hydrogen-bond acceptors (Lipinski definition) is 5. The van der Waals surface area contributed by atoms with Crippen LogP contribution in [-0.2, 0) is 6.42 Å². The van der Waals surface area contributed by atoms with E-state index in [0.29, 0.717) is 23.6 Å². The molecule has 1 N–H and O–H groups in total. The van der Waals surface area contributed by atoms with E-state index in [1.165, 1.54) is 29.7 Å². The first-order chi connectivity index (χ1) is 14.6. The Bertz CT molecular complexity index is 909. The molecule has 0 spiro atoms. The van der Waals surface area contributed by atoms with Gasteiger partial charge in [0.25, 0.3) is 5.91 Å². The van der Waals surface area contributed by atoms with E-state index in [1.54, 1.807) is 32.4 Å². The van der Waals surface area contributed by atoms with Crippen LogP contribution in [0.25, 0.3) is 0 Å². The third kappa shape index (κ3) is 4.10. The molecule has 1 fully saturated rings. The first-order valence-electron chi connectivity index (χ1n) is 10.7. The van der Waals surface area contributed by atoms with E-state index in [9.17, 15) is 4.79 Å². The van der Waals surface area contributed by atoms with Crippen molar-refractivity contribution >= 4 is 11.6 Å². The molecule has 2 aromatic carbocycles. The summed E-state index contributed by atoms with van der Waals surface area (Å²) in [6.07, 6.45) is 3.51. The molecule has 1 amide bonds.